The predicted octanol–water partition coefficient (Wildman–Crippen LogP) is 1.11. The van der Waals surface area contributed by atoms with Crippen molar-refractivity contribution in [1.82, 2.24) is 4.90 Å². The van der Waals surface area contributed by atoms with Crippen LogP contribution in [-0.2, 0) is 21.2 Å². The van der Waals surface area contributed by atoms with E-state index in [-0.39, 0.29) is 24.0 Å². The number of likely N-dealkylation sites (tertiary alicyclic amines) is 1. The molecule has 1 aliphatic heterocycles. The molecule has 0 radical (unpaired) electrons. The number of amides is 1. The Morgan fingerprint density at radius 2 is 2.09 bits per heavy atom. The Morgan fingerprint density at radius 1 is 1.32 bits per heavy atom. The van der Waals surface area contributed by atoms with Crippen LogP contribution in [0.5, 0.6) is 0 Å². The zero-order valence-corrected chi connectivity index (χ0v) is 12.9. The number of sulfonamides is 1. The standard InChI is InChI=1S/C15H18N2O4S/c16-22(19,20)10-11-7-15(18)17(9-11)6-5-13-8-12-3-1-2-4-14(12)21-13/h1-4,8,11H,5-7,9-10H2,(H2,16,19,20). The first-order chi connectivity index (χ1) is 10.4. The summed E-state index contributed by atoms with van der Waals surface area (Å²) in [4.78, 5) is 13.6. The summed E-state index contributed by atoms with van der Waals surface area (Å²) in [7, 11) is -3.54. The lowest BCUT2D eigenvalue weighted by Crippen LogP contribution is -2.29. The fraction of sp³-hybridized carbons (Fsp3) is 0.400. The maximum Gasteiger partial charge on any atom is 0.222 e. The zero-order valence-electron chi connectivity index (χ0n) is 12.1. The van der Waals surface area contributed by atoms with Gasteiger partial charge in [0.2, 0.25) is 15.9 Å². The van der Waals surface area contributed by atoms with Crippen LogP contribution >= 0.6 is 0 Å². The van der Waals surface area contributed by atoms with Gasteiger partial charge in [0.1, 0.15) is 11.3 Å². The van der Waals surface area contributed by atoms with Gasteiger partial charge in [-0.1, -0.05) is 18.2 Å². The maximum absolute atomic E-state index is 11.9. The average molecular weight is 322 g/mol. The molecule has 0 aliphatic carbocycles. The van der Waals surface area contributed by atoms with Crippen LogP contribution < -0.4 is 5.14 Å². The van der Waals surface area contributed by atoms with Gasteiger partial charge in [0.15, 0.2) is 0 Å². The van der Waals surface area contributed by atoms with E-state index in [1.165, 1.54) is 0 Å². The first kappa shape index (κ1) is 15.1. The van der Waals surface area contributed by atoms with Gasteiger partial charge >= 0.3 is 0 Å². The largest absolute Gasteiger partial charge is 0.461 e. The van der Waals surface area contributed by atoms with Crippen molar-refractivity contribution < 1.29 is 17.6 Å². The fourth-order valence-electron chi connectivity index (χ4n) is 2.92. The van der Waals surface area contributed by atoms with Crippen LogP contribution in [0.25, 0.3) is 11.0 Å². The Morgan fingerprint density at radius 3 is 2.82 bits per heavy atom. The van der Waals surface area contributed by atoms with Crippen LogP contribution in [0, 0.1) is 5.92 Å². The van der Waals surface area contributed by atoms with Crippen LogP contribution in [0.1, 0.15) is 12.2 Å². The number of hydrogen-bond acceptors (Lipinski definition) is 4. The van der Waals surface area contributed by atoms with Gasteiger partial charge in [0.05, 0.1) is 5.75 Å². The maximum atomic E-state index is 11.9. The summed E-state index contributed by atoms with van der Waals surface area (Å²) in [6, 6.07) is 9.71. The molecule has 1 aliphatic rings. The fourth-order valence-corrected chi connectivity index (χ4v) is 3.80. The molecule has 6 nitrogen and oxygen atoms in total. The molecule has 1 amide bonds. The number of benzene rings is 1. The van der Waals surface area contributed by atoms with Gasteiger partial charge in [-0.3, -0.25) is 4.79 Å². The third-order valence-corrected chi connectivity index (χ3v) is 4.80. The zero-order chi connectivity index (χ0) is 15.7. The number of para-hydroxylation sites is 1. The van der Waals surface area contributed by atoms with E-state index in [1.807, 2.05) is 30.3 Å². The van der Waals surface area contributed by atoms with E-state index in [9.17, 15) is 13.2 Å². The van der Waals surface area contributed by atoms with E-state index in [0.717, 1.165) is 16.7 Å². The Balaban J connectivity index is 1.60. The number of nitrogens with two attached hydrogens (primary N) is 1. The first-order valence-corrected chi connectivity index (χ1v) is 8.88. The molecular weight excluding hydrogens is 304 g/mol. The number of rotatable bonds is 5. The molecule has 0 saturated carbocycles. The van der Waals surface area contributed by atoms with Crippen LogP contribution in [0.2, 0.25) is 0 Å². The monoisotopic (exact) mass is 322 g/mol. The molecule has 22 heavy (non-hydrogen) atoms. The number of nitrogens with zero attached hydrogens (tertiary/aromatic N) is 1. The molecule has 1 fully saturated rings. The highest BCUT2D eigenvalue weighted by atomic mass is 32.2. The lowest BCUT2D eigenvalue weighted by Gasteiger charge is -2.15. The molecule has 1 saturated heterocycles. The number of furan rings is 1. The van der Waals surface area contributed by atoms with E-state index in [0.29, 0.717) is 19.5 Å². The van der Waals surface area contributed by atoms with E-state index >= 15 is 0 Å². The van der Waals surface area contributed by atoms with Crippen LogP contribution in [-0.4, -0.2) is 38.1 Å². The van der Waals surface area contributed by atoms with Gasteiger partial charge in [-0.05, 0) is 12.1 Å². The predicted molar refractivity (Wildman–Crippen MR) is 82.6 cm³/mol. The van der Waals surface area contributed by atoms with Gasteiger partial charge in [-0.25, -0.2) is 13.6 Å². The van der Waals surface area contributed by atoms with Crippen molar-refractivity contribution in [2.45, 2.75) is 12.8 Å². The Kier molecular flexibility index (Phi) is 3.92. The first-order valence-electron chi connectivity index (χ1n) is 7.16. The van der Waals surface area contributed by atoms with Crippen LogP contribution in [0.15, 0.2) is 34.7 Å². The van der Waals surface area contributed by atoms with Gasteiger partial charge in [-0.15, -0.1) is 0 Å². The van der Waals surface area contributed by atoms with Crippen molar-refractivity contribution in [3.8, 4) is 0 Å². The molecule has 2 aromatic rings. The number of fused-ring (bicyclic) bond motifs is 1. The smallest absolute Gasteiger partial charge is 0.222 e. The third kappa shape index (κ3) is 3.48. The quantitative estimate of drug-likeness (QED) is 0.892. The summed E-state index contributed by atoms with van der Waals surface area (Å²) in [5.41, 5.74) is 0.831. The second-order valence-corrected chi connectivity index (χ2v) is 7.40. The molecular formula is C15H18N2O4S. The second kappa shape index (κ2) is 5.73. The molecule has 7 heteroatoms. The lowest BCUT2D eigenvalue weighted by atomic mass is 10.1. The molecule has 1 aromatic carbocycles. The molecule has 1 aromatic heterocycles. The lowest BCUT2D eigenvalue weighted by molar-refractivity contribution is -0.127. The number of carbonyl (C=O) groups excluding carboxylic acids is 1. The number of hydrogen-bond donors (Lipinski definition) is 1. The number of primary sulfonamides is 1. The minimum atomic E-state index is -3.54. The van der Waals surface area contributed by atoms with Crippen molar-refractivity contribution >= 4 is 26.9 Å². The summed E-state index contributed by atoms with van der Waals surface area (Å²) in [5.74, 6) is 0.451. The normalized spacial score (nSPS) is 19.2. The molecule has 0 spiro atoms. The summed E-state index contributed by atoms with van der Waals surface area (Å²) >= 11 is 0. The van der Waals surface area contributed by atoms with Gasteiger partial charge < -0.3 is 9.32 Å². The van der Waals surface area contributed by atoms with E-state index < -0.39 is 10.0 Å². The highest BCUT2D eigenvalue weighted by Crippen LogP contribution is 2.22. The third-order valence-electron chi connectivity index (χ3n) is 3.87. The minimum Gasteiger partial charge on any atom is -0.461 e. The molecule has 1 atom stereocenters. The summed E-state index contributed by atoms with van der Waals surface area (Å²) in [5, 5.41) is 6.08. The highest BCUT2D eigenvalue weighted by Gasteiger charge is 2.31. The average Bonchev–Trinajstić information content (AvgIpc) is 2.97. The van der Waals surface area contributed by atoms with Crippen molar-refractivity contribution in [1.29, 1.82) is 0 Å². The molecule has 0 bridgehead atoms. The van der Waals surface area contributed by atoms with Gasteiger partial charge in [-0.2, -0.15) is 0 Å². The topological polar surface area (TPSA) is 93.6 Å². The molecule has 3 rings (SSSR count). The minimum absolute atomic E-state index is 0.0234. The SMILES string of the molecule is NS(=O)(=O)CC1CC(=O)N(CCc2cc3ccccc3o2)C1. The van der Waals surface area contributed by atoms with Crippen LogP contribution in [0.4, 0.5) is 0 Å². The number of carbonyl (C=O) groups is 1. The molecule has 2 heterocycles. The highest BCUT2D eigenvalue weighted by molar-refractivity contribution is 7.89. The Hall–Kier alpha value is -1.86. The second-order valence-electron chi connectivity index (χ2n) is 5.74. The Labute approximate surface area is 128 Å². The van der Waals surface area contributed by atoms with Crippen molar-refractivity contribution in [3.63, 3.8) is 0 Å². The summed E-state index contributed by atoms with van der Waals surface area (Å²) < 4.78 is 27.9. The van der Waals surface area contributed by atoms with Crippen LogP contribution in [0.3, 0.4) is 0 Å². The van der Waals surface area contributed by atoms with Gasteiger partial charge in [0.25, 0.3) is 0 Å². The van der Waals surface area contributed by atoms with Gasteiger partial charge in [0, 0.05) is 37.2 Å². The molecule has 118 valence electrons. The molecule has 2 N–H and O–H groups in total. The summed E-state index contributed by atoms with van der Waals surface area (Å²) in [6.07, 6.45) is 0.860. The van der Waals surface area contributed by atoms with Crippen molar-refractivity contribution in [2.75, 3.05) is 18.8 Å². The molecule has 1 unspecified atom stereocenters. The Bertz CT molecular complexity index is 764. The van der Waals surface area contributed by atoms with E-state index in [4.69, 9.17) is 9.56 Å². The van der Waals surface area contributed by atoms with Crippen molar-refractivity contribution in [3.05, 3.63) is 36.1 Å². The summed E-state index contributed by atoms with van der Waals surface area (Å²) in [6.45, 7) is 0.968. The van der Waals surface area contributed by atoms with Crippen molar-refractivity contribution in [2.24, 2.45) is 11.1 Å². The van der Waals surface area contributed by atoms with E-state index in [1.54, 1.807) is 4.90 Å². The van der Waals surface area contributed by atoms with E-state index in [2.05, 4.69) is 0 Å².